The first-order chi connectivity index (χ1) is 11.6. The van der Waals surface area contributed by atoms with Gasteiger partial charge in [0.2, 0.25) is 0 Å². The molecule has 1 saturated heterocycles. The summed E-state index contributed by atoms with van der Waals surface area (Å²) in [5.74, 6) is 0.356. The summed E-state index contributed by atoms with van der Waals surface area (Å²) < 4.78 is 0. The van der Waals surface area contributed by atoms with E-state index in [-0.39, 0.29) is 12.5 Å². The molecular formula is C19H24N2O2S. The third-order valence-electron chi connectivity index (χ3n) is 4.65. The molecule has 2 heterocycles. The minimum absolute atomic E-state index is 0.0467. The molecule has 1 aliphatic rings. The zero-order chi connectivity index (χ0) is 17.1. The topological polar surface area (TPSA) is 52.6 Å². The predicted molar refractivity (Wildman–Crippen MR) is 100 cm³/mol. The first kappa shape index (κ1) is 17.0. The number of piperidine rings is 1. The van der Waals surface area contributed by atoms with Crippen molar-refractivity contribution in [3.63, 3.8) is 0 Å². The Labute approximate surface area is 147 Å². The van der Waals surface area contributed by atoms with Gasteiger partial charge in [-0.25, -0.2) is 0 Å². The molecule has 0 atom stereocenters. The number of benzene rings is 1. The van der Waals surface area contributed by atoms with Crippen LogP contribution < -0.4 is 10.2 Å². The number of anilines is 2. The van der Waals surface area contributed by atoms with E-state index in [0.717, 1.165) is 52.6 Å². The number of para-hydroxylation sites is 2. The van der Waals surface area contributed by atoms with Gasteiger partial charge < -0.3 is 15.3 Å². The molecule has 1 fully saturated rings. The fraction of sp³-hybridized carbons (Fsp3) is 0.421. The molecule has 2 aromatic rings. The smallest absolute Gasteiger partial charge is 0.256 e. The molecule has 1 aromatic carbocycles. The van der Waals surface area contributed by atoms with E-state index < -0.39 is 0 Å². The molecule has 0 radical (unpaired) electrons. The lowest BCUT2D eigenvalue weighted by Gasteiger charge is -2.34. The third kappa shape index (κ3) is 3.62. The Kier molecular flexibility index (Phi) is 5.21. The van der Waals surface area contributed by atoms with Crippen LogP contribution in [0.15, 0.2) is 30.3 Å². The van der Waals surface area contributed by atoms with Gasteiger partial charge in [-0.3, -0.25) is 4.79 Å². The van der Waals surface area contributed by atoms with Crippen molar-refractivity contribution < 1.29 is 9.90 Å². The molecule has 0 aliphatic carbocycles. The molecule has 4 nitrogen and oxygen atoms in total. The first-order valence-corrected chi connectivity index (χ1v) is 9.23. The van der Waals surface area contributed by atoms with E-state index in [1.165, 1.54) is 0 Å². The van der Waals surface area contributed by atoms with Crippen LogP contribution in [0.2, 0.25) is 0 Å². The zero-order valence-corrected chi connectivity index (χ0v) is 15.0. The van der Waals surface area contributed by atoms with Gasteiger partial charge in [-0.15, -0.1) is 11.3 Å². The van der Waals surface area contributed by atoms with Gasteiger partial charge in [0.15, 0.2) is 0 Å². The van der Waals surface area contributed by atoms with Crippen LogP contribution in [-0.2, 0) is 0 Å². The van der Waals surface area contributed by atoms with Crippen molar-refractivity contribution in [2.24, 2.45) is 5.92 Å². The Hall–Kier alpha value is -1.85. The largest absolute Gasteiger partial charge is 0.396 e. The second-order valence-electron chi connectivity index (χ2n) is 6.41. The van der Waals surface area contributed by atoms with Crippen molar-refractivity contribution in [1.29, 1.82) is 0 Å². The van der Waals surface area contributed by atoms with Crippen molar-refractivity contribution in [3.8, 4) is 0 Å². The molecule has 0 saturated carbocycles. The van der Waals surface area contributed by atoms with Gasteiger partial charge in [-0.2, -0.15) is 0 Å². The van der Waals surface area contributed by atoms with Crippen molar-refractivity contribution in [1.82, 2.24) is 0 Å². The molecule has 24 heavy (non-hydrogen) atoms. The van der Waals surface area contributed by atoms with Crippen molar-refractivity contribution in [2.75, 3.05) is 29.9 Å². The van der Waals surface area contributed by atoms with Gasteiger partial charge in [0.25, 0.3) is 5.91 Å². The minimum atomic E-state index is -0.0467. The summed E-state index contributed by atoms with van der Waals surface area (Å²) in [7, 11) is 0. The highest BCUT2D eigenvalue weighted by atomic mass is 32.1. The summed E-state index contributed by atoms with van der Waals surface area (Å²) in [4.78, 5) is 17.1. The van der Waals surface area contributed by atoms with Crippen molar-refractivity contribution >= 4 is 28.6 Å². The Balaban J connectivity index is 1.77. The summed E-state index contributed by atoms with van der Waals surface area (Å²) in [6.07, 6.45) is 1.98. The lowest BCUT2D eigenvalue weighted by molar-refractivity contribution is 0.102. The van der Waals surface area contributed by atoms with E-state index in [0.29, 0.717) is 5.92 Å². The highest BCUT2D eigenvalue weighted by Crippen LogP contribution is 2.30. The maximum atomic E-state index is 12.6. The monoisotopic (exact) mass is 344 g/mol. The second kappa shape index (κ2) is 7.36. The molecular weight excluding hydrogens is 320 g/mol. The van der Waals surface area contributed by atoms with E-state index in [1.54, 1.807) is 11.3 Å². The van der Waals surface area contributed by atoms with Gasteiger partial charge in [-0.1, -0.05) is 12.1 Å². The molecule has 1 amide bonds. The summed E-state index contributed by atoms with van der Waals surface area (Å²) in [5, 5.41) is 12.4. The van der Waals surface area contributed by atoms with Crippen LogP contribution in [0.5, 0.6) is 0 Å². The molecule has 2 N–H and O–H groups in total. The van der Waals surface area contributed by atoms with E-state index >= 15 is 0 Å². The number of aliphatic hydroxyl groups is 1. The summed E-state index contributed by atoms with van der Waals surface area (Å²) >= 11 is 1.65. The number of carbonyl (C=O) groups excluding carboxylic acids is 1. The van der Waals surface area contributed by atoms with E-state index in [9.17, 15) is 9.90 Å². The van der Waals surface area contributed by atoms with E-state index in [1.807, 2.05) is 38.1 Å². The maximum Gasteiger partial charge on any atom is 0.256 e. The first-order valence-electron chi connectivity index (χ1n) is 8.41. The average molecular weight is 344 g/mol. The summed E-state index contributed by atoms with van der Waals surface area (Å²) in [6.45, 7) is 6.10. The number of carbonyl (C=O) groups is 1. The van der Waals surface area contributed by atoms with Gasteiger partial charge in [0.1, 0.15) is 0 Å². The van der Waals surface area contributed by atoms with Crippen LogP contribution in [-0.4, -0.2) is 30.7 Å². The van der Waals surface area contributed by atoms with Gasteiger partial charge >= 0.3 is 0 Å². The highest BCUT2D eigenvalue weighted by molar-refractivity contribution is 7.12. The lowest BCUT2D eigenvalue weighted by Crippen LogP contribution is -2.35. The molecule has 5 heteroatoms. The minimum Gasteiger partial charge on any atom is -0.396 e. The van der Waals surface area contributed by atoms with Crippen LogP contribution in [0, 0.1) is 19.8 Å². The number of aliphatic hydroxyl groups excluding tert-OH is 1. The number of hydrogen-bond donors (Lipinski definition) is 2. The predicted octanol–water partition coefficient (Wildman–Crippen LogP) is 3.83. The lowest BCUT2D eigenvalue weighted by atomic mass is 9.97. The SMILES string of the molecule is Cc1cc(C(=O)Nc2ccccc2N2CCC(CO)CC2)c(C)s1. The molecule has 3 rings (SSSR count). The summed E-state index contributed by atoms with van der Waals surface area (Å²) in [6, 6.07) is 9.92. The van der Waals surface area contributed by atoms with E-state index in [4.69, 9.17) is 0 Å². The van der Waals surface area contributed by atoms with Crippen molar-refractivity contribution in [3.05, 3.63) is 45.6 Å². The number of hydrogen-bond acceptors (Lipinski definition) is 4. The van der Waals surface area contributed by atoms with Crippen LogP contribution in [0.3, 0.4) is 0 Å². The van der Waals surface area contributed by atoms with Gasteiger partial charge in [-0.05, 0) is 50.8 Å². The average Bonchev–Trinajstić information content (AvgIpc) is 2.94. The quantitative estimate of drug-likeness (QED) is 0.886. The Bertz CT molecular complexity index is 718. The number of rotatable bonds is 4. The molecule has 0 bridgehead atoms. The number of thiophene rings is 1. The fourth-order valence-corrected chi connectivity index (χ4v) is 4.18. The normalized spacial score (nSPS) is 15.5. The molecule has 0 spiro atoms. The molecule has 1 aliphatic heterocycles. The second-order valence-corrected chi connectivity index (χ2v) is 7.87. The van der Waals surface area contributed by atoms with Crippen LogP contribution in [0.1, 0.15) is 33.0 Å². The van der Waals surface area contributed by atoms with Crippen molar-refractivity contribution in [2.45, 2.75) is 26.7 Å². The molecule has 1 aromatic heterocycles. The number of nitrogens with one attached hydrogen (secondary N) is 1. The third-order valence-corrected chi connectivity index (χ3v) is 5.62. The van der Waals surface area contributed by atoms with Gasteiger partial charge in [0, 0.05) is 29.5 Å². The summed E-state index contributed by atoms with van der Waals surface area (Å²) in [5.41, 5.74) is 2.67. The molecule has 0 unspecified atom stereocenters. The van der Waals surface area contributed by atoms with Gasteiger partial charge in [0.05, 0.1) is 16.9 Å². The maximum absolute atomic E-state index is 12.6. The Morgan fingerprint density at radius 3 is 2.62 bits per heavy atom. The Morgan fingerprint density at radius 1 is 1.29 bits per heavy atom. The number of amides is 1. The number of nitrogens with zero attached hydrogens (tertiary/aromatic N) is 1. The number of aryl methyl sites for hydroxylation is 2. The van der Waals surface area contributed by atoms with E-state index in [2.05, 4.69) is 16.3 Å². The Morgan fingerprint density at radius 2 is 2.00 bits per heavy atom. The van der Waals surface area contributed by atoms with Crippen LogP contribution in [0.25, 0.3) is 0 Å². The highest BCUT2D eigenvalue weighted by Gasteiger charge is 2.21. The van der Waals surface area contributed by atoms with Crippen LogP contribution in [0.4, 0.5) is 11.4 Å². The molecule has 128 valence electrons. The fourth-order valence-electron chi connectivity index (χ4n) is 3.26. The standard InChI is InChI=1S/C19H24N2O2S/c1-13-11-16(14(2)24-13)19(23)20-17-5-3-4-6-18(17)21-9-7-15(12-22)8-10-21/h3-6,11,15,22H,7-10,12H2,1-2H3,(H,20,23). The van der Waals surface area contributed by atoms with Crippen LogP contribution >= 0.6 is 11.3 Å². The zero-order valence-electron chi connectivity index (χ0n) is 14.2.